The van der Waals surface area contributed by atoms with Gasteiger partial charge in [0.05, 0.1) is 40.2 Å². The molecule has 5 rings (SSSR count). The maximum Gasteiger partial charge on any atom is 0.256 e. The van der Waals surface area contributed by atoms with Crippen LogP contribution in [0.2, 0.25) is 5.02 Å². The molecule has 0 fully saturated rings. The molecule has 1 amide bonds. The van der Waals surface area contributed by atoms with Gasteiger partial charge in [0.25, 0.3) is 11.8 Å². The molecule has 0 saturated carbocycles. The van der Waals surface area contributed by atoms with Gasteiger partial charge < -0.3 is 25.1 Å². The molecule has 184 valence electrons. The molecule has 4 heterocycles. The third-order valence-corrected chi connectivity index (χ3v) is 6.29. The van der Waals surface area contributed by atoms with Crippen molar-refractivity contribution in [2.75, 3.05) is 24.4 Å². The van der Waals surface area contributed by atoms with Crippen molar-refractivity contribution in [2.45, 2.75) is 19.4 Å². The van der Waals surface area contributed by atoms with Crippen LogP contribution < -0.4 is 15.4 Å². The molecule has 4 aromatic rings. The largest absolute Gasteiger partial charge is 0.436 e. The van der Waals surface area contributed by atoms with Crippen LogP contribution in [0.1, 0.15) is 28.4 Å². The first-order chi connectivity index (χ1) is 17.2. The van der Waals surface area contributed by atoms with Gasteiger partial charge in [-0.2, -0.15) is 0 Å². The average molecular weight is 510 g/mol. The molecule has 9 nitrogen and oxygen atoms in total. The van der Waals surface area contributed by atoms with Gasteiger partial charge in [0.1, 0.15) is 16.9 Å². The summed E-state index contributed by atoms with van der Waals surface area (Å²) in [5.41, 5.74) is 1.29. The Morgan fingerprint density at radius 3 is 2.78 bits per heavy atom. The quantitative estimate of drug-likeness (QED) is 0.318. The van der Waals surface area contributed by atoms with E-state index in [-0.39, 0.29) is 40.5 Å². The standard InChI is InChI=1S/C25H21ClFN5O4/c1-12-6-7-28-23(19(12)27)36-13-4-5-14(16(26)8-13)21(33)15-9-29-22-18(15)20-17(10-30-22)31-24(34)25(2,32-20)11-35-3/h4-10,32H,11H2,1-3H3,(H,29,30)(H,31,34)/t25-/m0/s1. The lowest BCUT2D eigenvalue weighted by atomic mass is 9.96. The summed E-state index contributed by atoms with van der Waals surface area (Å²) < 4.78 is 25.0. The van der Waals surface area contributed by atoms with Crippen molar-refractivity contribution in [2.24, 2.45) is 0 Å². The van der Waals surface area contributed by atoms with Crippen molar-refractivity contribution < 1.29 is 23.5 Å². The molecular weight excluding hydrogens is 489 g/mol. The van der Waals surface area contributed by atoms with Crippen molar-refractivity contribution in [1.82, 2.24) is 15.0 Å². The van der Waals surface area contributed by atoms with E-state index in [4.69, 9.17) is 21.1 Å². The van der Waals surface area contributed by atoms with E-state index < -0.39 is 11.4 Å². The van der Waals surface area contributed by atoms with E-state index in [0.717, 1.165) is 0 Å². The fourth-order valence-corrected chi connectivity index (χ4v) is 4.33. The number of carbonyl (C=O) groups excluding carboxylic acids is 2. The number of anilines is 2. The van der Waals surface area contributed by atoms with Crippen LogP contribution in [-0.2, 0) is 9.53 Å². The molecule has 0 saturated heterocycles. The van der Waals surface area contributed by atoms with Crippen LogP contribution in [0, 0.1) is 12.7 Å². The summed E-state index contributed by atoms with van der Waals surface area (Å²) in [5.74, 6) is -1.19. The number of hydrogen-bond donors (Lipinski definition) is 3. The maximum atomic E-state index is 14.3. The highest BCUT2D eigenvalue weighted by Gasteiger charge is 2.39. The topological polar surface area (TPSA) is 118 Å². The molecule has 0 radical (unpaired) electrons. The van der Waals surface area contributed by atoms with E-state index in [1.54, 1.807) is 20.0 Å². The SMILES string of the molecule is COC[C@]1(C)Nc2c(cnc3[nH]cc(C(=O)c4ccc(Oc5nccc(C)c5F)cc4Cl)c23)NC1=O. The third-order valence-electron chi connectivity index (χ3n) is 5.98. The second kappa shape index (κ2) is 8.89. The van der Waals surface area contributed by atoms with Crippen LogP contribution in [0.3, 0.4) is 0 Å². The highest BCUT2D eigenvalue weighted by Crippen LogP contribution is 2.39. The number of hydrogen-bond acceptors (Lipinski definition) is 7. The predicted molar refractivity (Wildman–Crippen MR) is 133 cm³/mol. The Balaban J connectivity index is 1.51. The number of rotatable bonds is 6. The summed E-state index contributed by atoms with van der Waals surface area (Å²) in [6, 6.07) is 5.97. The molecule has 3 N–H and O–H groups in total. The number of carbonyl (C=O) groups is 2. The van der Waals surface area contributed by atoms with Gasteiger partial charge in [-0.25, -0.2) is 14.4 Å². The van der Waals surface area contributed by atoms with Crippen LogP contribution in [0.4, 0.5) is 15.8 Å². The zero-order valence-corrected chi connectivity index (χ0v) is 20.3. The number of aromatic amines is 1. The lowest BCUT2D eigenvalue weighted by Gasteiger charge is -2.35. The molecule has 0 unspecified atom stereocenters. The number of ether oxygens (including phenoxy) is 2. The molecule has 11 heteroatoms. The zero-order chi connectivity index (χ0) is 25.6. The molecule has 0 bridgehead atoms. The number of nitrogens with zero attached hydrogens (tertiary/aromatic N) is 2. The molecule has 0 aliphatic carbocycles. The molecule has 1 aliphatic rings. The fraction of sp³-hybridized carbons (Fsp3) is 0.200. The minimum Gasteiger partial charge on any atom is -0.436 e. The predicted octanol–water partition coefficient (Wildman–Crippen LogP) is 4.85. The van der Waals surface area contributed by atoms with E-state index in [2.05, 4.69) is 25.6 Å². The Morgan fingerprint density at radius 2 is 2.03 bits per heavy atom. The van der Waals surface area contributed by atoms with Crippen LogP contribution in [-0.4, -0.2) is 45.9 Å². The number of amides is 1. The van der Waals surface area contributed by atoms with E-state index in [1.165, 1.54) is 43.8 Å². The van der Waals surface area contributed by atoms with Crippen LogP contribution in [0.5, 0.6) is 11.6 Å². The first kappa shape index (κ1) is 23.7. The first-order valence-electron chi connectivity index (χ1n) is 10.9. The van der Waals surface area contributed by atoms with Gasteiger partial charge in [-0.05, 0) is 37.6 Å². The summed E-state index contributed by atoms with van der Waals surface area (Å²) in [6.45, 7) is 3.42. The van der Waals surface area contributed by atoms with Crippen molar-refractivity contribution in [3.8, 4) is 11.6 Å². The number of nitrogens with one attached hydrogen (secondary N) is 3. The monoisotopic (exact) mass is 509 g/mol. The number of aromatic nitrogens is 3. The van der Waals surface area contributed by atoms with E-state index >= 15 is 0 Å². The molecule has 1 aromatic carbocycles. The molecular formula is C25H21ClFN5O4. The summed E-state index contributed by atoms with van der Waals surface area (Å²) in [7, 11) is 1.50. The number of fused-ring (bicyclic) bond motifs is 3. The second-order valence-electron chi connectivity index (χ2n) is 8.64. The first-order valence-corrected chi connectivity index (χ1v) is 11.3. The van der Waals surface area contributed by atoms with E-state index in [0.29, 0.717) is 33.5 Å². The molecule has 1 atom stereocenters. The number of pyridine rings is 2. The summed E-state index contributed by atoms with van der Waals surface area (Å²) >= 11 is 6.45. The number of benzene rings is 1. The average Bonchev–Trinajstić information content (AvgIpc) is 3.28. The lowest BCUT2D eigenvalue weighted by Crippen LogP contribution is -2.53. The van der Waals surface area contributed by atoms with Crippen LogP contribution in [0.25, 0.3) is 11.0 Å². The van der Waals surface area contributed by atoms with Gasteiger partial charge in [-0.3, -0.25) is 9.59 Å². The zero-order valence-electron chi connectivity index (χ0n) is 19.5. The van der Waals surface area contributed by atoms with Gasteiger partial charge >= 0.3 is 0 Å². The Labute approximate surface area is 210 Å². The smallest absolute Gasteiger partial charge is 0.256 e. The van der Waals surface area contributed by atoms with Crippen LogP contribution in [0.15, 0.2) is 42.9 Å². The fourth-order valence-electron chi connectivity index (χ4n) is 4.07. The minimum absolute atomic E-state index is 0.111. The van der Waals surface area contributed by atoms with E-state index in [9.17, 15) is 14.0 Å². The Morgan fingerprint density at radius 1 is 1.22 bits per heavy atom. The highest BCUT2D eigenvalue weighted by atomic mass is 35.5. The molecule has 0 spiro atoms. The summed E-state index contributed by atoms with van der Waals surface area (Å²) in [6.07, 6.45) is 4.49. The molecule has 1 aliphatic heterocycles. The lowest BCUT2D eigenvalue weighted by molar-refractivity contribution is -0.121. The van der Waals surface area contributed by atoms with Gasteiger partial charge in [-0.15, -0.1) is 0 Å². The third kappa shape index (κ3) is 3.94. The summed E-state index contributed by atoms with van der Waals surface area (Å²) in [5, 5.41) is 6.66. The summed E-state index contributed by atoms with van der Waals surface area (Å²) in [4.78, 5) is 37.4. The normalized spacial score (nSPS) is 16.9. The Hall–Kier alpha value is -4.02. The number of halogens is 2. The number of methoxy groups -OCH3 is 1. The van der Waals surface area contributed by atoms with Gasteiger partial charge in [0.15, 0.2) is 11.6 Å². The number of ketones is 1. The maximum absolute atomic E-state index is 14.3. The number of aryl methyl sites for hydroxylation is 1. The van der Waals surface area contributed by atoms with Crippen molar-refractivity contribution in [3.63, 3.8) is 0 Å². The highest BCUT2D eigenvalue weighted by molar-refractivity contribution is 6.36. The van der Waals surface area contributed by atoms with Crippen molar-refractivity contribution in [1.29, 1.82) is 0 Å². The van der Waals surface area contributed by atoms with Crippen molar-refractivity contribution in [3.05, 3.63) is 70.4 Å². The van der Waals surface area contributed by atoms with Crippen LogP contribution >= 0.6 is 11.6 Å². The Kier molecular flexibility index (Phi) is 5.85. The Bertz CT molecular complexity index is 1540. The van der Waals surface area contributed by atoms with Crippen molar-refractivity contribution >= 4 is 45.7 Å². The molecule has 36 heavy (non-hydrogen) atoms. The molecule has 3 aromatic heterocycles. The van der Waals surface area contributed by atoms with Gasteiger partial charge in [0, 0.05) is 31.1 Å². The second-order valence-corrected chi connectivity index (χ2v) is 9.04. The van der Waals surface area contributed by atoms with Gasteiger partial charge in [0.2, 0.25) is 0 Å². The van der Waals surface area contributed by atoms with E-state index in [1.807, 2.05) is 0 Å². The number of H-pyrrole nitrogens is 1. The van der Waals surface area contributed by atoms with Gasteiger partial charge in [-0.1, -0.05) is 11.6 Å². The minimum atomic E-state index is -1.05.